The molecule has 0 aliphatic carbocycles. The van der Waals surface area contributed by atoms with Gasteiger partial charge in [0.2, 0.25) is 5.95 Å². The van der Waals surface area contributed by atoms with Crippen molar-refractivity contribution < 1.29 is 4.42 Å². The van der Waals surface area contributed by atoms with Crippen LogP contribution in [0.25, 0.3) is 22.6 Å². The second-order valence-corrected chi connectivity index (χ2v) is 6.33. The van der Waals surface area contributed by atoms with Gasteiger partial charge in [-0.05, 0) is 36.2 Å². The average Bonchev–Trinajstić information content (AvgIpc) is 3.30. The van der Waals surface area contributed by atoms with Gasteiger partial charge in [0.15, 0.2) is 11.4 Å². The molecule has 0 spiro atoms. The minimum absolute atomic E-state index is 0.209. The van der Waals surface area contributed by atoms with E-state index in [1.807, 2.05) is 30.8 Å². The molecule has 4 aromatic rings. The fourth-order valence-corrected chi connectivity index (χ4v) is 2.92. The maximum absolute atomic E-state index is 5.90. The second kappa shape index (κ2) is 6.51. The lowest BCUT2D eigenvalue weighted by Crippen LogP contribution is -2.08. The summed E-state index contributed by atoms with van der Waals surface area (Å²) in [5, 5.41) is 0. The van der Waals surface area contributed by atoms with E-state index < -0.39 is 0 Å². The van der Waals surface area contributed by atoms with Gasteiger partial charge in [-0.1, -0.05) is 12.1 Å². The number of hydrogen-bond donors (Lipinski definition) is 1. The van der Waals surface area contributed by atoms with Crippen LogP contribution >= 0.6 is 0 Å². The number of rotatable bonds is 5. The first-order valence-corrected chi connectivity index (χ1v) is 8.40. The molecule has 7 heteroatoms. The molecule has 132 valence electrons. The van der Waals surface area contributed by atoms with Gasteiger partial charge in [0.05, 0.1) is 12.6 Å². The molecule has 0 fully saturated rings. The Hall–Kier alpha value is -3.35. The zero-order chi connectivity index (χ0) is 18.1. The first-order valence-electron chi connectivity index (χ1n) is 8.40. The van der Waals surface area contributed by atoms with E-state index in [-0.39, 0.29) is 5.95 Å². The van der Waals surface area contributed by atoms with Gasteiger partial charge in [-0.3, -0.25) is 0 Å². The first-order chi connectivity index (χ1) is 12.6. The number of nitrogens with zero attached hydrogens (tertiary/aromatic N) is 5. The van der Waals surface area contributed by atoms with Crippen LogP contribution in [0.3, 0.4) is 0 Å². The van der Waals surface area contributed by atoms with Crippen molar-refractivity contribution in [1.29, 1.82) is 0 Å². The normalized spacial score (nSPS) is 11.2. The van der Waals surface area contributed by atoms with Crippen molar-refractivity contribution in [3.05, 3.63) is 54.6 Å². The van der Waals surface area contributed by atoms with E-state index in [2.05, 4.69) is 44.1 Å². The number of anilines is 2. The number of nitrogen functional groups attached to an aromatic ring is 1. The van der Waals surface area contributed by atoms with Crippen LogP contribution in [-0.4, -0.2) is 33.6 Å². The average molecular weight is 348 g/mol. The summed E-state index contributed by atoms with van der Waals surface area (Å²) >= 11 is 0. The zero-order valence-electron chi connectivity index (χ0n) is 14.8. The summed E-state index contributed by atoms with van der Waals surface area (Å²) in [6.07, 6.45) is 4.26. The van der Waals surface area contributed by atoms with E-state index >= 15 is 0 Å². The number of aryl methyl sites for hydroxylation is 2. The van der Waals surface area contributed by atoms with Crippen LogP contribution in [0.15, 0.2) is 53.4 Å². The smallest absolute Gasteiger partial charge is 0.222 e. The topological polar surface area (TPSA) is 86.0 Å². The van der Waals surface area contributed by atoms with Gasteiger partial charge in [-0.25, -0.2) is 9.97 Å². The Bertz CT molecular complexity index is 1020. The van der Waals surface area contributed by atoms with Crippen LogP contribution in [0.5, 0.6) is 0 Å². The predicted octanol–water partition coefficient (Wildman–Crippen LogP) is 2.98. The molecule has 3 aromatic heterocycles. The number of benzene rings is 1. The second-order valence-electron chi connectivity index (χ2n) is 6.33. The fourth-order valence-electron chi connectivity index (χ4n) is 2.92. The number of fused-ring (bicyclic) bond motifs is 1. The molecule has 26 heavy (non-hydrogen) atoms. The molecule has 3 heterocycles. The molecule has 7 nitrogen and oxygen atoms in total. The van der Waals surface area contributed by atoms with Crippen molar-refractivity contribution in [2.24, 2.45) is 0 Å². The summed E-state index contributed by atoms with van der Waals surface area (Å²) in [6.45, 7) is 0.756. The van der Waals surface area contributed by atoms with E-state index in [4.69, 9.17) is 10.2 Å². The molecule has 1 aromatic carbocycles. The van der Waals surface area contributed by atoms with E-state index in [1.54, 1.807) is 12.6 Å². The number of furan rings is 1. The van der Waals surface area contributed by atoms with Crippen LogP contribution < -0.4 is 10.6 Å². The molecule has 0 bridgehead atoms. The number of nitrogens with two attached hydrogens (primary N) is 1. The van der Waals surface area contributed by atoms with Gasteiger partial charge >= 0.3 is 0 Å². The van der Waals surface area contributed by atoms with Gasteiger partial charge in [0.1, 0.15) is 11.2 Å². The van der Waals surface area contributed by atoms with Crippen LogP contribution in [0, 0.1) is 0 Å². The highest BCUT2D eigenvalue weighted by Gasteiger charge is 2.15. The van der Waals surface area contributed by atoms with E-state index in [9.17, 15) is 0 Å². The lowest BCUT2D eigenvalue weighted by Gasteiger charge is -2.12. The lowest BCUT2D eigenvalue weighted by atomic mass is 10.1. The van der Waals surface area contributed by atoms with Crippen LogP contribution in [0.1, 0.15) is 5.56 Å². The number of aromatic nitrogens is 4. The van der Waals surface area contributed by atoms with Crippen molar-refractivity contribution in [1.82, 2.24) is 19.5 Å². The van der Waals surface area contributed by atoms with Gasteiger partial charge in [0.25, 0.3) is 0 Å². The van der Waals surface area contributed by atoms with E-state index in [0.717, 1.165) is 13.0 Å². The molecule has 2 N–H and O–H groups in total. The molecule has 0 aliphatic rings. The van der Waals surface area contributed by atoms with Crippen molar-refractivity contribution >= 4 is 22.8 Å². The highest BCUT2D eigenvalue weighted by Crippen LogP contribution is 2.26. The van der Waals surface area contributed by atoms with Gasteiger partial charge in [0, 0.05) is 26.3 Å². The molecule has 0 amide bonds. The summed E-state index contributed by atoms with van der Waals surface area (Å²) in [4.78, 5) is 15.2. The minimum atomic E-state index is 0.209. The van der Waals surface area contributed by atoms with Gasteiger partial charge in [-0.15, -0.1) is 0 Å². The molecular formula is C19H20N6O. The summed E-state index contributed by atoms with van der Waals surface area (Å²) in [5.41, 5.74) is 10.4. The Kier molecular flexibility index (Phi) is 4.04. The Labute approximate surface area is 151 Å². The molecule has 0 atom stereocenters. The first kappa shape index (κ1) is 16.1. The van der Waals surface area contributed by atoms with Crippen LogP contribution in [-0.2, 0) is 13.0 Å². The quantitative estimate of drug-likeness (QED) is 0.597. The summed E-state index contributed by atoms with van der Waals surface area (Å²) in [5.74, 6) is 0.842. The third kappa shape index (κ3) is 2.99. The fraction of sp³-hybridized carbons (Fsp3) is 0.211. The molecule has 0 saturated carbocycles. The van der Waals surface area contributed by atoms with Gasteiger partial charge < -0.3 is 19.6 Å². The van der Waals surface area contributed by atoms with E-state index in [0.29, 0.717) is 22.6 Å². The maximum atomic E-state index is 5.90. The number of imidazole rings is 1. The third-order valence-electron chi connectivity index (χ3n) is 4.33. The molecule has 0 aliphatic heterocycles. The third-order valence-corrected chi connectivity index (χ3v) is 4.33. The monoisotopic (exact) mass is 348 g/mol. The SMILES string of the molecule is CN(C)c1ccc(CCn2cnc3c(-c4ccco4)nc(N)nc32)cc1. The molecule has 0 unspecified atom stereocenters. The predicted molar refractivity (Wildman–Crippen MR) is 102 cm³/mol. The van der Waals surface area contributed by atoms with E-state index in [1.165, 1.54) is 11.3 Å². The number of hydrogen-bond acceptors (Lipinski definition) is 6. The Morgan fingerprint density at radius 3 is 2.62 bits per heavy atom. The van der Waals surface area contributed by atoms with Crippen LogP contribution in [0.4, 0.5) is 11.6 Å². The highest BCUT2D eigenvalue weighted by molar-refractivity contribution is 5.86. The minimum Gasteiger partial charge on any atom is -0.463 e. The molecule has 4 rings (SSSR count). The summed E-state index contributed by atoms with van der Waals surface area (Å²) in [7, 11) is 4.07. The van der Waals surface area contributed by atoms with Crippen molar-refractivity contribution in [2.75, 3.05) is 24.7 Å². The van der Waals surface area contributed by atoms with Crippen molar-refractivity contribution in [3.63, 3.8) is 0 Å². The van der Waals surface area contributed by atoms with Crippen LogP contribution in [0.2, 0.25) is 0 Å². The molecule has 0 saturated heterocycles. The highest BCUT2D eigenvalue weighted by atomic mass is 16.3. The Balaban J connectivity index is 1.61. The molecular weight excluding hydrogens is 328 g/mol. The summed E-state index contributed by atoms with van der Waals surface area (Å²) in [6, 6.07) is 12.2. The summed E-state index contributed by atoms with van der Waals surface area (Å²) < 4.78 is 7.45. The Morgan fingerprint density at radius 1 is 1.12 bits per heavy atom. The lowest BCUT2D eigenvalue weighted by molar-refractivity contribution is 0.580. The molecule has 0 radical (unpaired) electrons. The standard InChI is InChI=1S/C19H20N6O/c1-24(2)14-7-5-13(6-8-14)9-10-25-12-21-17-16(15-4-3-11-26-15)22-19(20)23-18(17)25/h3-8,11-12H,9-10H2,1-2H3,(H2,20,22,23). The maximum Gasteiger partial charge on any atom is 0.222 e. The zero-order valence-corrected chi connectivity index (χ0v) is 14.8. The van der Waals surface area contributed by atoms with Gasteiger partial charge in [-0.2, -0.15) is 4.98 Å². The Morgan fingerprint density at radius 2 is 1.92 bits per heavy atom. The van der Waals surface area contributed by atoms with Crippen molar-refractivity contribution in [3.8, 4) is 11.5 Å². The largest absolute Gasteiger partial charge is 0.463 e. The van der Waals surface area contributed by atoms with Crippen molar-refractivity contribution in [2.45, 2.75) is 13.0 Å².